The van der Waals surface area contributed by atoms with Gasteiger partial charge in [0.05, 0.1) is 24.8 Å². The molecule has 0 spiro atoms. The minimum Gasteiger partial charge on any atom is -0.379 e. The van der Waals surface area contributed by atoms with Gasteiger partial charge in [0.15, 0.2) is 0 Å². The third kappa shape index (κ3) is 4.89. The van der Waals surface area contributed by atoms with E-state index in [0.717, 1.165) is 13.1 Å². The molecule has 0 N–H and O–H groups in total. The molecule has 0 atom stereocenters. The van der Waals surface area contributed by atoms with Crippen molar-refractivity contribution in [3.63, 3.8) is 0 Å². The van der Waals surface area contributed by atoms with Crippen molar-refractivity contribution in [2.45, 2.75) is 43.7 Å². The Balaban J connectivity index is 1.78. The summed E-state index contributed by atoms with van der Waals surface area (Å²) in [6.45, 7) is 4.46. The minimum atomic E-state index is -3.49. The Labute approximate surface area is 155 Å². The van der Waals surface area contributed by atoms with Crippen LogP contribution in [0.15, 0.2) is 23.2 Å². The van der Waals surface area contributed by atoms with Crippen LogP contribution in [-0.2, 0) is 21.4 Å². The van der Waals surface area contributed by atoms with E-state index < -0.39 is 10.0 Å². The average Bonchev–Trinajstić information content (AvgIpc) is 2.59. The smallest absolute Gasteiger partial charge is 0.244 e. The highest BCUT2D eigenvalue weighted by Crippen LogP contribution is 2.18. The summed E-state index contributed by atoms with van der Waals surface area (Å²) in [5.74, 6) is 0. The van der Waals surface area contributed by atoms with Crippen molar-refractivity contribution in [1.82, 2.24) is 13.8 Å². The van der Waals surface area contributed by atoms with Crippen LogP contribution in [0.3, 0.4) is 0 Å². The molecule has 1 aromatic heterocycles. The Hall–Kier alpha value is -0.800. The molecule has 0 aliphatic carbocycles. The quantitative estimate of drug-likeness (QED) is 0.745. The monoisotopic (exact) mass is 385 g/mol. The molecule has 3 heterocycles. The summed E-state index contributed by atoms with van der Waals surface area (Å²) in [6, 6.07) is 3.35. The van der Waals surface area contributed by atoms with E-state index in [4.69, 9.17) is 17.0 Å². The van der Waals surface area contributed by atoms with Gasteiger partial charge in [-0.2, -0.15) is 4.31 Å². The van der Waals surface area contributed by atoms with E-state index in [0.29, 0.717) is 42.5 Å². The number of sulfonamides is 1. The lowest BCUT2D eigenvalue weighted by atomic mass is 10.1. The van der Waals surface area contributed by atoms with Crippen LogP contribution >= 0.6 is 12.2 Å². The number of morpholine rings is 1. The second-order valence-corrected chi connectivity index (χ2v) is 9.07. The van der Waals surface area contributed by atoms with Crippen molar-refractivity contribution in [1.29, 1.82) is 0 Å². The number of pyridine rings is 1. The molecule has 1 aromatic rings. The molecule has 8 heteroatoms. The molecule has 0 aromatic carbocycles. The van der Waals surface area contributed by atoms with Gasteiger partial charge < -0.3 is 9.30 Å². The van der Waals surface area contributed by atoms with Crippen LogP contribution in [0.25, 0.3) is 0 Å². The summed E-state index contributed by atoms with van der Waals surface area (Å²) >= 11 is 5.43. The number of aromatic nitrogens is 1. The number of hydrogen-bond acceptors (Lipinski definition) is 5. The lowest BCUT2D eigenvalue weighted by Gasteiger charge is -2.27. The Kier molecular flexibility index (Phi) is 6.62. The summed E-state index contributed by atoms with van der Waals surface area (Å²) in [7, 11) is -3.49. The van der Waals surface area contributed by atoms with Crippen molar-refractivity contribution >= 4 is 22.2 Å². The van der Waals surface area contributed by atoms with Crippen LogP contribution in [0.5, 0.6) is 0 Å². The fourth-order valence-corrected chi connectivity index (χ4v) is 4.99. The van der Waals surface area contributed by atoms with Crippen molar-refractivity contribution in [2.75, 3.05) is 39.4 Å². The van der Waals surface area contributed by atoms with E-state index in [1.54, 1.807) is 18.3 Å². The molecule has 0 bridgehead atoms. The third-order valence-electron chi connectivity index (χ3n) is 4.87. The minimum absolute atomic E-state index is 0.315. The van der Waals surface area contributed by atoms with E-state index in [2.05, 4.69) is 4.90 Å². The normalized spacial score (nSPS) is 21.6. The second-order valence-electron chi connectivity index (χ2n) is 6.72. The fraction of sp³-hybridized carbons (Fsp3) is 0.706. The van der Waals surface area contributed by atoms with Gasteiger partial charge in [-0.3, -0.25) is 4.90 Å². The highest BCUT2D eigenvalue weighted by atomic mass is 32.2. The van der Waals surface area contributed by atoms with Crippen LogP contribution in [0, 0.1) is 4.64 Å². The topological polar surface area (TPSA) is 54.8 Å². The molecular weight excluding hydrogens is 358 g/mol. The van der Waals surface area contributed by atoms with Crippen molar-refractivity contribution in [3.05, 3.63) is 23.0 Å². The first-order valence-electron chi connectivity index (χ1n) is 9.08. The first-order chi connectivity index (χ1) is 12.1. The molecule has 0 radical (unpaired) electrons. The molecule has 6 nitrogen and oxygen atoms in total. The molecule has 0 saturated carbocycles. The molecule has 2 fully saturated rings. The maximum absolute atomic E-state index is 12.9. The number of rotatable bonds is 4. The van der Waals surface area contributed by atoms with Crippen molar-refractivity contribution < 1.29 is 13.2 Å². The zero-order valence-corrected chi connectivity index (χ0v) is 16.2. The number of hydrogen-bond donors (Lipinski definition) is 0. The number of ether oxygens (including phenoxy) is 1. The summed E-state index contributed by atoms with van der Waals surface area (Å²) in [5.41, 5.74) is 0. The third-order valence-corrected chi connectivity index (χ3v) is 7.12. The van der Waals surface area contributed by atoms with Crippen LogP contribution in [0.4, 0.5) is 0 Å². The van der Waals surface area contributed by atoms with E-state index in [9.17, 15) is 8.42 Å². The summed E-state index contributed by atoms with van der Waals surface area (Å²) in [6.07, 6.45) is 7.95. The predicted octanol–water partition coefficient (Wildman–Crippen LogP) is 2.46. The molecule has 0 amide bonds. The van der Waals surface area contributed by atoms with Crippen LogP contribution in [-0.4, -0.2) is 61.6 Å². The van der Waals surface area contributed by atoms with Gasteiger partial charge >= 0.3 is 0 Å². The van der Waals surface area contributed by atoms with Gasteiger partial charge in [0.1, 0.15) is 4.64 Å². The lowest BCUT2D eigenvalue weighted by Crippen LogP contribution is -2.40. The van der Waals surface area contributed by atoms with E-state index in [-0.39, 0.29) is 0 Å². The Morgan fingerprint density at radius 2 is 1.60 bits per heavy atom. The summed E-state index contributed by atoms with van der Waals surface area (Å²) in [4.78, 5) is 2.69. The highest BCUT2D eigenvalue weighted by molar-refractivity contribution is 7.89. The molecule has 0 unspecified atom stereocenters. The Bertz CT molecular complexity index is 719. The van der Waals surface area contributed by atoms with Gasteiger partial charge in [-0.25, -0.2) is 8.42 Å². The Morgan fingerprint density at radius 1 is 0.960 bits per heavy atom. The summed E-state index contributed by atoms with van der Waals surface area (Å²) in [5, 5.41) is 0. The van der Waals surface area contributed by atoms with E-state index in [1.165, 1.54) is 36.4 Å². The molecule has 3 rings (SSSR count). The van der Waals surface area contributed by atoms with Crippen LogP contribution in [0.1, 0.15) is 32.1 Å². The Morgan fingerprint density at radius 3 is 2.28 bits per heavy atom. The van der Waals surface area contributed by atoms with Gasteiger partial charge in [-0.15, -0.1) is 0 Å². The van der Waals surface area contributed by atoms with Crippen molar-refractivity contribution in [3.8, 4) is 0 Å². The molecule has 25 heavy (non-hydrogen) atoms. The largest absolute Gasteiger partial charge is 0.379 e. The summed E-state index contributed by atoms with van der Waals surface area (Å²) < 4.78 is 35.0. The first-order valence-corrected chi connectivity index (χ1v) is 10.9. The lowest BCUT2D eigenvalue weighted by molar-refractivity contribution is 0.0730. The zero-order chi connectivity index (χ0) is 17.7. The van der Waals surface area contributed by atoms with Gasteiger partial charge in [0.25, 0.3) is 0 Å². The van der Waals surface area contributed by atoms with E-state index in [1.807, 2.05) is 4.57 Å². The second kappa shape index (κ2) is 8.73. The molecule has 2 saturated heterocycles. The fourth-order valence-electron chi connectivity index (χ4n) is 3.38. The van der Waals surface area contributed by atoms with Gasteiger partial charge in [-0.05, 0) is 38.1 Å². The van der Waals surface area contributed by atoms with Crippen LogP contribution < -0.4 is 0 Å². The van der Waals surface area contributed by atoms with Gasteiger partial charge in [0, 0.05) is 19.3 Å². The van der Waals surface area contributed by atoms with Crippen LogP contribution in [0.2, 0.25) is 0 Å². The molecular formula is C17H27N3O3S2. The number of nitrogens with zero attached hydrogens (tertiary/aromatic N) is 3. The maximum Gasteiger partial charge on any atom is 0.244 e. The first kappa shape index (κ1) is 19.0. The average molecular weight is 386 g/mol. The SMILES string of the molecule is O=S(=O)(c1ccc(=S)n(CN2CCCCCCC2)c1)N1CCOCC1. The van der Waals surface area contributed by atoms with E-state index >= 15 is 0 Å². The molecule has 2 aliphatic rings. The highest BCUT2D eigenvalue weighted by Gasteiger charge is 2.26. The molecule has 2 aliphatic heterocycles. The maximum atomic E-state index is 12.9. The molecule has 140 valence electrons. The zero-order valence-electron chi connectivity index (χ0n) is 14.6. The number of likely N-dealkylation sites (tertiary alicyclic amines) is 1. The standard InChI is InChI=1S/C17H27N3O3S2/c21-25(22,20-10-12-23-13-11-20)16-6-7-17(24)19(14-16)15-18-8-4-2-1-3-5-9-18/h6-7,14H,1-5,8-13,15H2. The van der Waals surface area contributed by atoms with Crippen molar-refractivity contribution in [2.24, 2.45) is 0 Å². The van der Waals surface area contributed by atoms with Gasteiger partial charge in [-0.1, -0.05) is 31.5 Å². The van der Waals surface area contributed by atoms with Gasteiger partial charge in [0.2, 0.25) is 10.0 Å². The predicted molar refractivity (Wildman–Crippen MR) is 99.5 cm³/mol.